The molecule has 0 aliphatic rings. The van der Waals surface area contributed by atoms with E-state index in [2.05, 4.69) is 10.4 Å². The number of ether oxygens (including phenoxy) is 1. The van der Waals surface area contributed by atoms with Crippen molar-refractivity contribution in [3.63, 3.8) is 0 Å². The standard InChI is InChI=1S/C21H18FN3O5S/c1-29-12-23-20(26)17-11-25-21(30-17)18(13-3-7-15(22)8-4-13)19(24-25)14-5-9-16(10-6-14)31(2,27)28/h3-11H,12H2,1-2H3,(H,23,26). The van der Waals surface area contributed by atoms with E-state index in [9.17, 15) is 17.6 Å². The van der Waals surface area contributed by atoms with Gasteiger partial charge in [-0.05, 0) is 29.8 Å². The SMILES string of the molecule is COCNC(=O)c1cn2nc(-c3ccc(S(C)(=O)=O)cc3)c(-c3ccc(F)cc3)c2o1. The third-order valence-corrected chi connectivity index (χ3v) is 5.73. The number of oxazole rings is 1. The first-order chi connectivity index (χ1) is 14.8. The Morgan fingerprint density at radius 3 is 2.39 bits per heavy atom. The second kappa shape index (κ2) is 7.97. The Balaban J connectivity index is 1.86. The summed E-state index contributed by atoms with van der Waals surface area (Å²) in [5, 5.41) is 7.06. The number of rotatable bonds is 6. The van der Waals surface area contributed by atoms with Crippen molar-refractivity contribution in [1.82, 2.24) is 14.9 Å². The lowest BCUT2D eigenvalue weighted by atomic mass is 10.0. The lowest BCUT2D eigenvalue weighted by Gasteiger charge is -2.05. The summed E-state index contributed by atoms with van der Waals surface area (Å²) in [6.07, 6.45) is 2.56. The summed E-state index contributed by atoms with van der Waals surface area (Å²) >= 11 is 0. The molecule has 1 amide bonds. The Morgan fingerprint density at radius 2 is 1.77 bits per heavy atom. The lowest BCUT2D eigenvalue weighted by Crippen LogP contribution is -2.24. The molecule has 4 aromatic rings. The molecule has 10 heteroatoms. The highest BCUT2D eigenvalue weighted by molar-refractivity contribution is 7.90. The number of hydrogen-bond donors (Lipinski definition) is 1. The average Bonchev–Trinajstić information content (AvgIpc) is 3.30. The van der Waals surface area contributed by atoms with Crippen LogP contribution in [0.1, 0.15) is 10.6 Å². The molecule has 0 aliphatic carbocycles. The fourth-order valence-corrected chi connectivity index (χ4v) is 3.74. The highest BCUT2D eigenvalue weighted by atomic mass is 32.2. The summed E-state index contributed by atoms with van der Waals surface area (Å²) in [7, 11) is -1.90. The first-order valence-electron chi connectivity index (χ1n) is 9.13. The fraction of sp³-hybridized carbons (Fsp3) is 0.143. The van der Waals surface area contributed by atoms with Crippen LogP contribution in [-0.2, 0) is 14.6 Å². The largest absolute Gasteiger partial charge is 0.431 e. The Bertz CT molecular complexity index is 1360. The molecule has 4 rings (SSSR count). The number of benzene rings is 2. The summed E-state index contributed by atoms with van der Waals surface area (Å²) < 4.78 is 49.0. The predicted octanol–water partition coefficient (Wildman–Crippen LogP) is 3.14. The van der Waals surface area contributed by atoms with Gasteiger partial charge < -0.3 is 14.5 Å². The van der Waals surface area contributed by atoms with Gasteiger partial charge in [0.1, 0.15) is 18.2 Å². The van der Waals surface area contributed by atoms with Crippen LogP contribution in [0, 0.1) is 5.82 Å². The number of halogens is 1. The number of aromatic nitrogens is 2. The maximum Gasteiger partial charge on any atom is 0.290 e. The third-order valence-electron chi connectivity index (χ3n) is 4.60. The number of hydrogen-bond acceptors (Lipinski definition) is 6. The molecule has 160 valence electrons. The number of nitrogens with zero attached hydrogens (tertiary/aromatic N) is 2. The van der Waals surface area contributed by atoms with Crippen LogP contribution in [0.15, 0.2) is 64.0 Å². The second-order valence-corrected chi connectivity index (χ2v) is 8.83. The van der Waals surface area contributed by atoms with E-state index in [0.717, 1.165) is 6.26 Å². The zero-order valence-electron chi connectivity index (χ0n) is 16.6. The maximum atomic E-state index is 13.5. The van der Waals surface area contributed by atoms with Crippen LogP contribution in [0.3, 0.4) is 0 Å². The van der Waals surface area contributed by atoms with Gasteiger partial charge in [0.25, 0.3) is 5.91 Å². The molecule has 2 aromatic carbocycles. The van der Waals surface area contributed by atoms with Gasteiger partial charge in [-0.25, -0.2) is 17.3 Å². The highest BCUT2D eigenvalue weighted by Crippen LogP contribution is 2.36. The zero-order valence-corrected chi connectivity index (χ0v) is 17.4. The van der Waals surface area contributed by atoms with Crippen molar-refractivity contribution in [2.24, 2.45) is 0 Å². The van der Waals surface area contributed by atoms with E-state index in [0.29, 0.717) is 22.4 Å². The molecule has 0 saturated heterocycles. The van der Waals surface area contributed by atoms with E-state index in [1.807, 2.05) is 0 Å². The van der Waals surface area contributed by atoms with E-state index in [1.54, 1.807) is 24.3 Å². The smallest absolute Gasteiger partial charge is 0.290 e. The number of fused-ring (bicyclic) bond motifs is 1. The van der Waals surface area contributed by atoms with Gasteiger partial charge in [0.2, 0.25) is 11.5 Å². The molecular weight excluding hydrogens is 425 g/mol. The normalized spacial score (nSPS) is 11.7. The average molecular weight is 443 g/mol. The van der Waals surface area contributed by atoms with Gasteiger partial charge in [0.05, 0.1) is 16.7 Å². The van der Waals surface area contributed by atoms with Gasteiger partial charge in [-0.15, -0.1) is 0 Å². The van der Waals surface area contributed by atoms with E-state index in [1.165, 1.54) is 42.1 Å². The van der Waals surface area contributed by atoms with Crippen LogP contribution in [0.25, 0.3) is 28.1 Å². The van der Waals surface area contributed by atoms with Crippen LogP contribution in [0.2, 0.25) is 0 Å². The Hall–Kier alpha value is -3.50. The quantitative estimate of drug-likeness (QED) is 0.459. The van der Waals surface area contributed by atoms with Crippen molar-refractivity contribution in [1.29, 1.82) is 0 Å². The lowest BCUT2D eigenvalue weighted by molar-refractivity contribution is 0.0846. The predicted molar refractivity (Wildman–Crippen MR) is 111 cm³/mol. The van der Waals surface area contributed by atoms with Gasteiger partial charge >= 0.3 is 0 Å². The van der Waals surface area contributed by atoms with Gasteiger partial charge in [-0.3, -0.25) is 4.79 Å². The number of amides is 1. The minimum Gasteiger partial charge on any atom is -0.431 e. The molecule has 2 heterocycles. The van der Waals surface area contributed by atoms with Crippen LogP contribution in [0.4, 0.5) is 4.39 Å². The number of methoxy groups -OCH3 is 1. The summed E-state index contributed by atoms with van der Waals surface area (Å²) in [6, 6.07) is 12.0. The Morgan fingerprint density at radius 1 is 1.13 bits per heavy atom. The number of carbonyl (C=O) groups excluding carboxylic acids is 1. The Kier molecular flexibility index (Phi) is 5.34. The number of nitrogens with one attached hydrogen (secondary N) is 1. The number of carbonyl (C=O) groups is 1. The van der Waals surface area contributed by atoms with E-state index in [-0.39, 0.29) is 23.1 Å². The first-order valence-corrected chi connectivity index (χ1v) is 11.0. The van der Waals surface area contributed by atoms with Crippen LogP contribution in [-0.4, -0.2) is 44.0 Å². The minimum absolute atomic E-state index is 0.0185. The summed E-state index contributed by atoms with van der Waals surface area (Å²) in [4.78, 5) is 12.4. The van der Waals surface area contributed by atoms with Crippen LogP contribution < -0.4 is 5.32 Å². The summed E-state index contributed by atoms with van der Waals surface area (Å²) in [5.41, 5.74) is 2.58. The molecular formula is C21H18FN3O5S. The monoisotopic (exact) mass is 443 g/mol. The summed E-state index contributed by atoms with van der Waals surface area (Å²) in [6.45, 7) is 0.0185. The van der Waals surface area contributed by atoms with Gasteiger partial charge in [-0.1, -0.05) is 24.3 Å². The molecule has 0 saturated carbocycles. The van der Waals surface area contributed by atoms with Crippen molar-refractivity contribution in [2.75, 3.05) is 20.1 Å². The van der Waals surface area contributed by atoms with Crippen molar-refractivity contribution in [3.8, 4) is 22.4 Å². The molecule has 0 radical (unpaired) electrons. The minimum atomic E-state index is -3.35. The topological polar surface area (TPSA) is 103 Å². The zero-order chi connectivity index (χ0) is 22.2. The van der Waals surface area contributed by atoms with Gasteiger partial charge in [-0.2, -0.15) is 5.10 Å². The van der Waals surface area contributed by atoms with Crippen LogP contribution >= 0.6 is 0 Å². The highest BCUT2D eigenvalue weighted by Gasteiger charge is 2.23. The van der Waals surface area contributed by atoms with Crippen molar-refractivity contribution in [3.05, 3.63) is 66.3 Å². The maximum absolute atomic E-state index is 13.5. The molecule has 1 N–H and O–H groups in total. The summed E-state index contributed by atoms with van der Waals surface area (Å²) in [5.74, 6) is -0.844. The molecule has 0 atom stereocenters. The molecule has 0 fully saturated rings. The molecule has 0 aliphatic heterocycles. The molecule has 0 spiro atoms. The van der Waals surface area contributed by atoms with E-state index < -0.39 is 21.6 Å². The van der Waals surface area contributed by atoms with Crippen LogP contribution in [0.5, 0.6) is 0 Å². The van der Waals surface area contributed by atoms with Crippen molar-refractivity contribution < 1.29 is 26.8 Å². The number of sulfone groups is 1. The van der Waals surface area contributed by atoms with Crippen molar-refractivity contribution >= 4 is 21.5 Å². The molecule has 0 unspecified atom stereocenters. The van der Waals surface area contributed by atoms with Crippen molar-refractivity contribution in [2.45, 2.75) is 4.90 Å². The molecule has 2 aromatic heterocycles. The van der Waals surface area contributed by atoms with Gasteiger partial charge in [0, 0.05) is 18.9 Å². The Labute approximate surface area is 177 Å². The third kappa shape index (κ3) is 4.07. The molecule has 0 bridgehead atoms. The van der Waals surface area contributed by atoms with E-state index >= 15 is 0 Å². The fourth-order valence-electron chi connectivity index (χ4n) is 3.11. The first kappa shape index (κ1) is 20.8. The second-order valence-electron chi connectivity index (χ2n) is 6.81. The van der Waals surface area contributed by atoms with Gasteiger partial charge in [0.15, 0.2) is 9.84 Å². The molecule has 8 nitrogen and oxygen atoms in total. The molecule has 31 heavy (non-hydrogen) atoms. The van der Waals surface area contributed by atoms with E-state index in [4.69, 9.17) is 9.15 Å².